The predicted molar refractivity (Wildman–Crippen MR) is 70.2 cm³/mol. The molecular weight excluding hydrogens is 244 g/mol. The van der Waals surface area contributed by atoms with Crippen molar-refractivity contribution in [3.8, 4) is 5.75 Å². The monoisotopic (exact) mass is 264 g/mol. The van der Waals surface area contributed by atoms with E-state index in [4.69, 9.17) is 14.2 Å². The van der Waals surface area contributed by atoms with Crippen molar-refractivity contribution in [3.05, 3.63) is 29.8 Å². The zero-order chi connectivity index (χ0) is 13.3. The van der Waals surface area contributed by atoms with Crippen molar-refractivity contribution in [2.45, 2.75) is 37.1 Å². The molecule has 1 saturated carbocycles. The van der Waals surface area contributed by atoms with Gasteiger partial charge in [0.25, 0.3) is 0 Å². The van der Waals surface area contributed by atoms with E-state index < -0.39 is 11.9 Å². The van der Waals surface area contributed by atoms with Gasteiger partial charge < -0.3 is 19.3 Å². The smallest absolute Gasteiger partial charge is 0.171 e. The number of hydrogen-bond donors (Lipinski definition) is 1. The third-order valence-corrected chi connectivity index (χ3v) is 4.17. The minimum Gasteiger partial charge on any atom is -0.496 e. The van der Waals surface area contributed by atoms with E-state index >= 15 is 0 Å². The fraction of sp³-hybridized carbons (Fsp3) is 0.600. The molecule has 1 aliphatic carbocycles. The van der Waals surface area contributed by atoms with Gasteiger partial charge in [0.2, 0.25) is 0 Å². The second-order valence-electron chi connectivity index (χ2n) is 5.27. The summed E-state index contributed by atoms with van der Waals surface area (Å²) < 4.78 is 16.7. The van der Waals surface area contributed by atoms with E-state index in [9.17, 15) is 5.11 Å². The second kappa shape index (κ2) is 5.12. The highest BCUT2D eigenvalue weighted by Crippen LogP contribution is 2.44. The molecule has 0 aromatic heterocycles. The molecule has 4 heteroatoms. The highest BCUT2D eigenvalue weighted by atomic mass is 16.7. The summed E-state index contributed by atoms with van der Waals surface area (Å²) in [5.41, 5.74) is 1.07. The molecule has 0 bridgehead atoms. The Balaban J connectivity index is 1.80. The van der Waals surface area contributed by atoms with Crippen molar-refractivity contribution < 1.29 is 19.3 Å². The third kappa shape index (κ3) is 2.36. The van der Waals surface area contributed by atoms with Crippen LogP contribution in [0.25, 0.3) is 0 Å². The van der Waals surface area contributed by atoms with E-state index in [-0.39, 0.29) is 5.92 Å². The molecule has 104 valence electrons. The zero-order valence-electron chi connectivity index (χ0n) is 11.2. The summed E-state index contributed by atoms with van der Waals surface area (Å²) in [5.74, 6) is 0.392. The highest BCUT2D eigenvalue weighted by Gasteiger charge is 2.45. The molecule has 19 heavy (non-hydrogen) atoms. The van der Waals surface area contributed by atoms with Crippen LogP contribution in [-0.2, 0) is 9.47 Å². The van der Waals surface area contributed by atoms with Gasteiger partial charge in [0, 0.05) is 18.8 Å². The first kappa shape index (κ1) is 12.9. The van der Waals surface area contributed by atoms with Gasteiger partial charge in [-0.15, -0.1) is 0 Å². The van der Waals surface area contributed by atoms with Crippen molar-refractivity contribution in [2.24, 2.45) is 0 Å². The van der Waals surface area contributed by atoms with Crippen LogP contribution in [0.4, 0.5) is 0 Å². The molecular formula is C15H20O4. The Morgan fingerprint density at radius 1 is 1.26 bits per heavy atom. The predicted octanol–water partition coefficient (Wildman–Crippen LogP) is 2.07. The number of aliphatic hydroxyl groups is 1. The molecule has 2 aliphatic rings. The average Bonchev–Trinajstić information content (AvgIpc) is 2.87. The molecule has 1 spiro atoms. The largest absolute Gasteiger partial charge is 0.496 e. The summed E-state index contributed by atoms with van der Waals surface area (Å²) in [4.78, 5) is 0. The second-order valence-corrected chi connectivity index (χ2v) is 5.27. The molecule has 1 saturated heterocycles. The van der Waals surface area contributed by atoms with Gasteiger partial charge in [0.05, 0.1) is 26.4 Å². The van der Waals surface area contributed by atoms with Crippen LogP contribution in [0.15, 0.2) is 24.3 Å². The summed E-state index contributed by atoms with van der Waals surface area (Å²) in [6.07, 6.45) is 1.76. The zero-order valence-corrected chi connectivity index (χ0v) is 11.2. The maximum atomic E-state index is 10.5. The van der Waals surface area contributed by atoms with E-state index in [1.54, 1.807) is 7.11 Å². The Bertz CT molecular complexity index is 440. The van der Waals surface area contributed by atoms with E-state index in [0.717, 1.165) is 24.2 Å². The standard InChI is InChI=1S/C15H20O4/c1-17-14-5-3-2-4-12(14)11-6-7-15(10-13(11)16)18-8-9-19-15/h2-5,11,13,16H,6-10H2,1H3/t11-,13-/m0/s1. The number of rotatable bonds is 2. The van der Waals surface area contributed by atoms with Crippen LogP contribution >= 0.6 is 0 Å². The summed E-state index contributed by atoms with van der Waals surface area (Å²) in [5, 5.41) is 10.5. The lowest BCUT2D eigenvalue weighted by Crippen LogP contribution is -2.42. The maximum absolute atomic E-state index is 10.5. The molecule has 0 radical (unpaired) electrons. The molecule has 0 amide bonds. The molecule has 1 aromatic rings. The molecule has 3 rings (SSSR count). The maximum Gasteiger partial charge on any atom is 0.171 e. The molecule has 4 nitrogen and oxygen atoms in total. The lowest BCUT2D eigenvalue weighted by atomic mass is 9.78. The topological polar surface area (TPSA) is 47.9 Å². The molecule has 1 N–H and O–H groups in total. The van der Waals surface area contributed by atoms with Gasteiger partial charge in [-0.2, -0.15) is 0 Å². The Morgan fingerprint density at radius 3 is 2.68 bits per heavy atom. The number of benzene rings is 1. The number of para-hydroxylation sites is 1. The molecule has 1 heterocycles. The van der Waals surface area contributed by atoms with Crippen LogP contribution in [0.5, 0.6) is 5.75 Å². The Kier molecular flexibility index (Phi) is 3.48. The summed E-state index contributed by atoms with van der Waals surface area (Å²) in [7, 11) is 1.67. The lowest BCUT2D eigenvalue weighted by molar-refractivity contribution is -0.199. The first-order chi connectivity index (χ1) is 9.24. The van der Waals surface area contributed by atoms with Gasteiger partial charge >= 0.3 is 0 Å². The van der Waals surface area contributed by atoms with E-state index in [2.05, 4.69) is 0 Å². The van der Waals surface area contributed by atoms with Gasteiger partial charge in [-0.1, -0.05) is 18.2 Å². The van der Waals surface area contributed by atoms with Crippen molar-refractivity contribution in [1.29, 1.82) is 0 Å². The number of hydrogen-bond acceptors (Lipinski definition) is 4. The van der Waals surface area contributed by atoms with E-state index in [1.165, 1.54) is 0 Å². The number of aliphatic hydroxyl groups excluding tert-OH is 1. The third-order valence-electron chi connectivity index (χ3n) is 4.17. The first-order valence-electron chi connectivity index (χ1n) is 6.83. The van der Waals surface area contributed by atoms with Crippen LogP contribution in [0.3, 0.4) is 0 Å². The van der Waals surface area contributed by atoms with Crippen LogP contribution in [0.2, 0.25) is 0 Å². The lowest BCUT2D eigenvalue weighted by Gasteiger charge is -2.39. The summed E-state index contributed by atoms with van der Waals surface area (Å²) in [6.45, 7) is 1.26. The van der Waals surface area contributed by atoms with Crippen LogP contribution in [0, 0.1) is 0 Å². The Labute approximate surface area is 113 Å². The molecule has 1 aromatic carbocycles. The summed E-state index contributed by atoms with van der Waals surface area (Å²) in [6, 6.07) is 7.90. The fourth-order valence-corrected chi connectivity index (χ4v) is 3.23. The van der Waals surface area contributed by atoms with Gasteiger partial charge in [-0.05, 0) is 18.1 Å². The Hall–Kier alpha value is -1.10. The van der Waals surface area contributed by atoms with Gasteiger partial charge in [0.1, 0.15) is 5.75 Å². The minimum atomic E-state index is -0.544. The van der Waals surface area contributed by atoms with Gasteiger partial charge in [0.15, 0.2) is 5.79 Å². The molecule has 0 unspecified atom stereocenters. The first-order valence-corrected chi connectivity index (χ1v) is 6.83. The Morgan fingerprint density at radius 2 is 2.00 bits per heavy atom. The minimum absolute atomic E-state index is 0.0922. The SMILES string of the molecule is COc1ccccc1[C@@H]1CCC2(C[C@@H]1O)OCCO2. The summed E-state index contributed by atoms with van der Waals surface area (Å²) >= 11 is 0. The molecule has 1 aliphatic heterocycles. The average molecular weight is 264 g/mol. The van der Waals surface area contributed by atoms with E-state index in [0.29, 0.717) is 19.6 Å². The fourth-order valence-electron chi connectivity index (χ4n) is 3.23. The molecule has 2 fully saturated rings. The van der Waals surface area contributed by atoms with Crippen molar-refractivity contribution >= 4 is 0 Å². The quantitative estimate of drug-likeness (QED) is 0.888. The van der Waals surface area contributed by atoms with Crippen LogP contribution in [0.1, 0.15) is 30.7 Å². The van der Waals surface area contributed by atoms with Crippen LogP contribution in [-0.4, -0.2) is 37.3 Å². The number of ether oxygens (including phenoxy) is 3. The van der Waals surface area contributed by atoms with Crippen molar-refractivity contribution in [1.82, 2.24) is 0 Å². The highest BCUT2D eigenvalue weighted by molar-refractivity contribution is 5.37. The van der Waals surface area contributed by atoms with Crippen LogP contribution < -0.4 is 4.74 Å². The van der Waals surface area contributed by atoms with Gasteiger partial charge in [-0.3, -0.25) is 0 Å². The van der Waals surface area contributed by atoms with Crippen molar-refractivity contribution in [3.63, 3.8) is 0 Å². The molecule has 2 atom stereocenters. The van der Waals surface area contributed by atoms with E-state index in [1.807, 2.05) is 24.3 Å². The van der Waals surface area contributed by atoms with Gasteiger partial charge in [-0.25, -0.2) is 0 Å². The number of methoxy groups -OCH3 is 1. The van der Waals surface area contributed by atoms with Crippen molar-refractivity contribution in [2.75, 3.05) is 20.3 Å². The normalized spacial score (nSPS) is 29.6.